The van der Waals surface area contributed by atoms with Gasteiger partial charge in [-0.3, -0.25) is 0 Å². The Morgan fingerprint density at radius 3 is 2.30 bits per heavy atom. The summed E-state index contributed by atoms with van der Waals surface area (Å²) in [7, 11) is 0. The molecule has 0 radical (unpaired) electrons. The van der Waals surface area contributed by atoms with Crippen LogP contribution in [0.5, 0.6) is 0 Å². The number of hydrogen-bond acceptors (Lipinski definition) is 0. The summed E-state index contributed by atoms with van der Waals surface area (Å²) in [5.74, 6) is -0.149. The highest BCUT2D eigenvalue weighted by Gasteiger charge is 2.15. The van der Waals surface area contributed by atoms with Crippen LogP contribution in [0, 0.1) is 12.7 Å². The molecule has 0 nitrogen and oxygen atoms in total. The molecule has 106 valence electrons. The highest BCUT2D eigenvalue weighted by atomic mass is 79.9. The van der Waals surface area contributed by atoms with E-state index in [1.54, 1.807) is 6.07 Å². The lowest BCUT2D eigenvalue weighted by Crippen LogP contribution is -2.00. The molecule has 0 aliphatic heterocycles. The first kappa shape index (κ1) is 15.2. The van der Waals surface area contributed by atoms with Gasteiger partial charge in [0.25, 0.3) is 0 Å². The van der Waals surface area contributed by atoms with E-state index in [2.05, 4.69) is 48.0 Å². The molecule has 2 heteroatoms. The summed E-state index contributed by atoms with van der Waals surface area (Å²) in [6.45, 7) is 6.23. The van der Waals surface area contributed by atoms with Gasteiger partial charge in [-0.2, -0.15) is 0 Å². The first-order valence-electron chi connectivity index (χ1n) is 7.08. The van der Waals surface area contributed by atoms with Crippen LogP contribution in [0.15, 0.2) is 36.4 Å². The highest BCUT2D eigenvalue weighted by molar-refractivity contribution is 9.09. The number of halogens is 2. The number of hydrogen-bond donors (Lipinski definition) is 0. The Balaban J connectivity index is 2.40. The molecule has 2 aromatic rings. The second-order valence-electron chi connectivity index (χ2n) is 5.12. The smallest absolute Gasteiger partial charge is 0.128 e. The molecule has 2 aromatic carbocycles. The van der Waals surface area contributed by atoms with Crippen molar-refractivity contribution in [3.05, 3.63) is 70.0 Å². The fourth-order valence-electron chi connectivity index (χ4n) is 2.49. The minimum absolute atomic E-state index is 0.0979. The van der Waals surface area contributed by atoms with Gasteiger partial charge in [-0.05, 0) is 48.1 Å². The number of alkyl halides is 1. The minimum Gasteiger partial charge on any atom is -0.207 e. The SMILES string of the molecule is CCc1ccc(C(Br)c2ccc(C)cc2F)cc1CC. The zero-order valence-electron chi connectivity index (χ0n) is 12.2. The lowest BCUT2D eigenvalue weighted by molar-refractivity contribution is 0.612. The Morgan fingerprint density at radius 1 is 1.00 bits per heavy atom. The average Bonchev–Trinajstić information content (AvgIpc) is 2.45. The minimum atomic E-state index is -0.149. The van der Waals surface area contributed by atoms with E-state index in [0.717, 1.165) is 24.0 Å². The maximum absolute atomic E-state index is 14.1. The molecule has 1 unspecified atom stereocenters. The molecule has 0 fully saturated rings. The summed E-state index contributed by atoms with van der Waals surface area (Å²) in [4.78, 5) is -0.0979. The largest absolute Gasteiger partial charge is 0.207 e. The average molecular weight is 335 g/mol. The van der Waals surface area contributed by atoms with Crippen molar-refractivity contribution in [2.75, 3.05) is 0 Å². The van der Waals surface area contributed by atoms with Crippen molar-refractivity contribution in [2.24, 2.45) is 0 Å². The predicted octanol–water partition coefficient (Wildman–Crippen LogP) is 5.74. The third-order valence-corrected chi connectivity index (χ3v) is 4.74. The molecular formula is C18H20BrF. The second kappa shape index (κ2) is 6.53. The van der Waals surface area contributed by atoms with Crippen LogP contribution in [0.1, 0.15) is 46.5 Å². The quantitative estimate of drug-likeness (QED) is 0.625. The summed E-state index contributed by atoms with van der Waals surface area (Å²) in [6, 6.07) is 11.9. The first-order chi connectivity index (χ1) is 9.56. The first-order valence-corrected chi connectivity index (χ1v) is 8.00. The van der Waals surface area contributed by atoms with Crippen molar-refractivity contribution < 1.29 is 4.39 Å². The third kappa shape index (κ3) is 3.12. The molecule has 0 N–H and O–H groups in total. The van der Waals surface area contributed by atoms with Crippen molar-refractivity contribution in [3.63, 3.8) is 0 Å². The second-order valence-corrected chi connectivity index (χ2v) is 6.04. The van der Waals surface area contributed by atoms with Crippen molar-refractivity contribution in [3.8, 4) is 0 Å². The summed E-state index contributed by atoms with van der Waals surface area (Å²) in [6.07, 6.45) is 2.04. The van der Waals surface area contributed by atoms with Crippen LogP contribution in [0.2, 0.25) is 0 Å². The van der Waals surface area contributed by atoms with Crippen molar-refractivity contribution in [1.82, 2.24) is 0 Å². The number of aryl methyl sites for hydroxylation is 3. The molecule has 0 saturated heterocycles. The van der Waals surface area contributed by atoms with E-state index in [9.17, 15) is 4.39 Å². The van der Waals surface area contributed by atoms with Crippen LogP contribution in [0.25, 0.3) is 0 Å². The van der Waals surface area contributed by atoms with Crippen molar-refractivity contribution in [1.29, 1.82) is 0 Å². The molecule has 0 aromatic heterocycles. The van der Waals surface area contributed by atoms with Gasteiger partial charge >= 0.3 is 0 Å². The lowest BCUT2D eigenvalue weighted by Gasteiger charge is -2.15. The zero-order valence-corrected chi connectivity index (χ0v) is 13.8. The van der Waals surface area contributed by atoms with Gasteiger partial charge < -0.3 is 0 Å². The van der Waals surface area contributed by atoms with Gasteiger partial charge in [-0.1, -0.05) is 60.1 Å². The van der Waals surface area contributed by atoms with Crippen LogP contribution in [0.3, 0.4) is 0 Å². The predicted molar refractivity (Wildman–Crippen MR) is 87.1 cm³/mol. The van der Waals surface area contributed by atoms with E-state index in [0.29, 0.717) is 5.56 Å². The monoisotopic (exact) mass is 334 g/mol. The van der Waals surface area contributed by atoms with Crippen molar-refractivity contribution in [2.45, 2.75) is 38.4 Å². The molecule has 0 heterocycles. The van der Waals surface area contributed by atoms with E-state index in [4.69, 9.17) is 0 Å². The summed E-state index contributed by atoms with van der Waals surface area (Å²) >= 11 is 3.64. The van der Waals surface area contributed by atoms with E-state index in [1.807, 2.05) is 19.1 Å². The molecule has 0 bridgehead atoms. The van der Waals surface area contributed by atoms with E-state index >= 15 is 0 Å². The van der Waals surface area contributed by atoms with Crippen molar-refractivity contribution >= 4 is 15.9 Å². The standard InChI is InChI=1S/C18H20BrF/c1-4-13-7-8-15(11-14(13)5-2)18(19)16-9-6-12(3)10-17(16)20/h6-11,18H,4-5H2,1-3H3. The number of benzene rings is 2. The van der Waals surface area contributed by atoms with Gasteiger partial charge in [0.15, 0.2) is 0 Å². The summed E-state index contributed by atoms with van der Waals surface area (Å²) < 4.78 is 14.1. The Bertz CT molecular complexity index is 604. The van der Waals surface area contributed by atoms with Crippen LogP contribution < -0.4 is 0 Å². The van der Waals surface area contributed by atoms with Gasteiger partial charge in [0.05, 0.1) is 4.83 Å². The van der Waals surface area contributed by atoms with E-state index in [-0.39, 0.29) is 10.6 Å². The zero-order chi connectivity index (χ0) is 14.7. The molecule has 0 amide bonds. The van der Waals surface area contributed by atoms with Gasteiger partial charge in [0, 0.05) is 5.56 Å². The topological polar surface area (TPSA) is 0 Å². The normalized spacial score (nSPS) is 12.4. The highest BCUT2D eigenvalue weighted by Crippen LogP contribution is 2.33. The van der Waals surface area contributed by atoms with Gasteiger partial charge in [-0.15, -0.1) is 0 Å². The van der Waals surface area contributed by atoms with Crippen LogP contribution in [0.4, 0.5) is 4.39 Å². The van der Waals surface area contributed by atoms with Gasteiger partial charge in [0.1, 0.15) is 5.82 Å². The van der Waals surface area contributed by atoms with Gasteiger partial charge in [0.2, 0.25) is 0 Å². The van der Waals surface area contributed by atoms with E-state index < -0.39 is 0 Å². The number of rotatable bonds is 4. The summed E-state index contributed by atoms with van der Waals surface area (Å²) in [5, 5.41) is 0. The third-order valence-electron chi connectivity index (χ3n) is 3.71. The molecule has 20 heavy (non-hydrogen) atoms. The molecule has 0 aliphatic carbocycles. The molecule has 0 aliphatic rings. The van der Waals surface area contributed by atoms with Crippen LogP contribution >= 0.6 is 15.9 Å². The molecule has 0 spiro atoms. The maximum atomic E-state index is 14.1. The molecule has 0 saturated carbocycles. The Hall–Kier alpha value is -1.15. The Labute approximate surface area is 129 Å². The molecule has 1 atom stereocenters. The Kier molecular flexibility index (Phi) is 4.98. The lowest BCUT2D eigenvalue weighted by atomic mass is 9.96. The summed E-state index contributed by atoms with van der Waals surface area (Å²) in [5.41, 5.74) is 5.48. The Morgan fingerprint density at radius 2 is 1.70 bits per heavy atom. The fourth-order valence-corrected chi connectivity index (χ4v) is 3.15. The maximum Gasteiger partial charge on any atom is 0.128 e. The fraction of sp³-hybridized carbons (Fsp3) is 0.333. The van der Waals surface area contributed by atoms with Crippen LogP contribution in [-0.4, -0.2) is 0 Å². The van der Waals surface area contributed by atoms with Gasteiger partial charge in [-0.25, -0.2) is 4.39 Å². The molecule has 2 rings (SSSR count). The van der Waals surface area contributed by atoms with Crippen LogP contribution in [-0.2, 0) is 12.8 Å². The molecular weight excluding hydrogens is 315 g/mol. The van der Waals surface area contributed by atoms with E-state index in [1.165, 1.54) is 11.1 Å².